The highest BCUT2D eigenvalue weighted by Crippen LogP contribution is 2.30. The summed E-state index contributed by atoms with van der Waals surface area (Å²) >= 11 is 5.17. The summed E-state index contributed by atoms with van der Waals surface area (Å²) in [6, 6.07) is 0. The van der Waals surface area contributed by atoms with E-state index in [1.807, 2.05) is 27.9 Å². The van der Waals surface area contributed by atoms with Gasteiger partial charge >= 0.3 is 0 Å². The highest BCUT2D eigenvalue weighted by molar-refractivity contribution is 7.80. The van der Waals surface area contributed by atoms with Gasteiger partial charge in [-0.05, 0) is 26.9 Å². The number of amides is 1. The summed E-state index contributed by atoms with van der Waals surface area (Å²) in [5.41, 5.74) is 5.16. The number of likely N-dealkylation sites (N-methyl/N-ethyl adjacent to an activating group) is 1. The molecule has 0 aliphatic carbocycles. The predicted molar refractivity (Wildman–Crippen MR) is 91.4 cm³/mol. The van der Waals surface area contributed by atoms with Gasteiger partial charge in [-0.15, -0.1) is 0 Å². The van der Waals surface area contributed by atoms with E-state index >= 15 is 0 Å². The number of carbonyl (C=O) groups is 1. The van der Waals surface area contributed by atoms with E-state index < -0.39 is 5.41 Å². The molecule has 0 fully saturated rings. The summed E-state index contributed by atoms with van der Waals surface area (Å²) in [7, 11) is 3.99. The van der Waals surface area contributed by atoms with E-state index in [2.05, 4.69) is 10.2 Å². The summed E-state index contributed by atoms with van der Waals surface area (Å²) < 4.78 is 5.47. The maximum atomic E-state index is 12.5. The van der Waals surface area contributed by atoms with Crippen LogP contribution < -0.4 is 11.1 Å². The molecule has 0 saturated carbocycles. The number of rotatable bonds is 12. The van der Waals surface area contributed by atoms with Gasteiger partial charge in [-0.1, -0.05) is 38.9 Å². The van der Waals surface area contributed by atoms with E-state index in [0.29, 0.717) is 37.6 Å². The zero-order valence-corrected chi connectivity index (χ0v) is 14.7. The number of hydrogen-bond acceptors (Lipinski definition) is 4. The fraction of sp³-hybridized carbons (Fsp3) is 0.867. The number of nitrogens with zero attached hydrogens (tertiary/aromatic N) is 1. The first-order chi connectivity index (χ1) is 9.90. The van der Waals surface area contributed by atoms with Crippen molar-refractivity contribution in [2.45, 2.75) is 39.5 Å². The molecule has 0 atom stereocenters. The van der Waals surface area contributed by atoms with Gasteiger partial charge in [-0.2, -0.15) is 0 Å². The zero-order chi connectivity index (χ0) is 16.3. The van der Waals surface area contributed by atoms with Gasteiger partial charge in [0.25, 0.3) is 0 Å². The minimum atomic E-state index is -0.706. The Bertz CT molecular complexity index is 316. The maximum absolute atomic E-state index is 12.5. The van der Waals surface area contributed by atoms with Crippen molar-refractivity contribution in [3.63, 3.8) is 0 Å². The molecule has 6 heteroatoms. The molecule has 0 saturated heterocycles. The third kappa shape index (κ3) is 7.20. The molecule has 1 amide bonds. The predicted octanol–water partition coefficient (Wildman–Crippen LogP) is 1.55. The second-order valence-electron chi connectivity index (χ2n) is 5.62. The molecule has 0 aromatic carbocycles. The molecule has 124 valence electrons. The summed E-state index contributed by atoms with van der Waals surface area (Å²) in [5, 5.41) is 2.92. The lowest BCUT2D eigenvalue weighted by atomic mass is 9.78. The normalized spacial score (nSPS) is 11.7. The average molecular weight is 317 g/mol. The molecular weight excluding hydrogens is 286 g/mol. The highest BCUT2D eigenvalue weighted by Gasteiger charge is 2.39. The van der Waals surface area contributed by atoms with E-state index in [-0.39, 0.29) is 5.91 Å². The molecule has 0 aliphatic rings. The molecule has 0 rings (SSSR count). The molecule has 21 heavy (non-hydrogen) atoms. The minimum absolute atomic E-state index is 0.0603. The first-order valence-corrected chi connectivity index (χ1v) is 8.12. The van der Waals surface area contributed by atoms with Crippen LogP contribution in [0.15, 0.2) is 0 Å². The van der Waals surface area contributed by atoms with Gasteiger partial charge in [0.1, 0.15) is 0 Å². The fourth-order valence-corrected chi connectivity index (χ4v) is 2.62. The summed E-state index contributed by atoms with van der Waals surface area (Å²) in [4.78, 5) is 14.8. The molecular formula is C15H31N3O2S. The van der Waals surface area contributed by atoms with Gasteiger partial charge in [0, 0.05) is 13.1 Å². The van der Waals surface area contributed by atoms with Gasteiger partial charge in [-0.25, -0.2) is 0 Å². The zero-order valence-electron chi connectivity index (χ0n) is 13.9. The second-order valence-corrected chi connectivity index (χ2v) is 6.06. The van der Waals surface area contributed by atoms with Crippen molar-refractivity contribution in [1.29, 1.82) is 0 Å². The summed E-state index contributed by atoms with van der Waals surface area (Å²) in [6.07, 6.45) is 3.15. The number of carbonyl (C=O) groups excluding carboxylic acids is 1. The van der Waals surface area contributed by atoms with Crippen molar-refractivity contribution in [1.82, 2.24) is 10.2 Å². The molecule has 0 bridgehead atoms. The van der Waals surface area contributed by atoms with Gasteiger partial charge in [0.2, 0.25) is 5.91 Å². The number of ether oxygens (including phenoxy) is 1. The Kier molecular flexibility index (Phi) is 10.6. The molecule has 0 unspecified atom stereocenters. The van der Waals surface area contributed by atoms with E-state index in [1.54, 1.807) is 0 Å². The van der Waals surface area contributed by atoms with Gasteiger partial charge in [-0.3, -0.25) is 4.79 Å². The Morgan fingerprint density at radius 2 is 1.81 bits per heavy atom. The maximum Gasteiger partial charge on any atom is 0.233 e. The number of thiocarbonyl (C=S) groups is 1. The second kappa shape index (κ2) is 10.9. The molecule has 3 N–H and O–H groups in total. The molecule has 5 nitrogen and oxygen atoms in total. The van der Waals surface area contributed by atoms with Crippen molar-refractivity contribution in [2.75, 3.05) is 40.4 Å². The van der Waals surface area contributed by atoms with Gasteiger partial charge < -0.3 is 20.7 Å². The standard InChI is InChI=1S/C15H31N3O2S/c1-5-7-15(8-6-2,13(16)21)14(19)17-9-11-20-12-10-18(3)4/h5-12H2,1-4H3,(H2,16,21)(H,17,19). The Morgan fingerprint density at radius 1 is 1.24 bits per heavy atom. The van der Waals surface area contributed by atoms with E-state index in [4.69, 9.17) is 22.7 Å². The Hall–Kier alpha value is -0.720. The molecule has 0 radical (unpaired) electrons. The number of nitrogens with two attached hydrogens (primary N) is 1. The van der Waals surface area contributed by atoms with E-state index in [0.717, 1.165) is 19.4 Å². The lowest BCUT2D eigenvalue weighted by molar-refractivity contribution is -0.128. The van der Waals surface area contributed by atoms with Crippen LogP contribution in [-0.2, 0) is 9.53 Å². The van der Waals surface area contributed by atoms with Gasteiger partial charge in [0.15, 0.2) is 0 Å². The van der Waals surface area contributed by atoms with Crippen molar-refractivity contribution in [3.05, 3.63) is 0 Å². The summed E-state index contributed by atoms with van der Waals surface area (Å²) in [5.74, 6) is -0.0603. The van der Waals surface area contributed by atoms with Crippen LogP contribution in [0, 0.1) is 5.41 Å². The first-order valence-electron chi connectivity index (χ1n) is 7.71. The molecule has 0 aromatic heterocycles. The summed E-state index contributed by atoms with van der Waals surface area (Å²) in [6.45, 7) is 6.61. The monoisotopic (exact) mass is 317 g/mol. The molecule has 0 aromatic rings. The molecule has 0 spiro atoms. The van der Waals surface area contributed by atoms with Crippen molar-refractivity contribution < 1.29 is 9.53 Å². The highest BCUT2D eigenvalue weighted by atomic mass is 32.1. The van der Waals surface area contributed by atoms with Crippen LogP contribution in [0.5, 0.6) is 0 Å². The Balaban J connectivity index is 4.32. The van der Waals surface area contributed by atoms with Gasteiger partial charge in [0.05, 0.1) is 23.6 Å². The fourth-order valence-electron chi connectivity index (χ4n) is 2.32. The number of hydrogen-bond donors (Lipinski definition) is 2. The molecule has 0 aliphatic heterocycles. The van der Waals surface area contributed by atoms with Crippen LogP contribution in [-0.4, -0.2) is 56.2 Å². The lowest BCUT2D eigenvalue weighted by Crippen LogP contribution is -2.49. The lowest BCUT2D eigenvalue weighted by Gasteiger charge is -2.31. The third-order valence-electron chi connectivity index (χ3n) is 3.47. The van der Waals surface area contributed by atoms with E-state index in [9.17, 15) is 4.79 Å². The van der Waals surface area contributed by atoms with Crippen molar-refractivity contribution in [2.24, 2.45) is 11.1 Å². The smallest absolute Gasteiger partial charge is 0.233 e. The quantitative estimate of drug-likeness (QED) is 0.422. The van der Waals surface area contributed by atoms with Crippen molar-refractivity contribution in [3.8, 4) is 0 Å². The van der Waals surface area contributed by atoms with E-state index in [1.165, 1.54) is 0 Å². The van der Waals surface area contributed by atoms with Crippen LogP contribution in [0.4, 0.5) is 0 Å². The first kappa shape index (κ1) is 20.3. The average Bonchev–Trinajstić information content (AvgIpc) is 2.41. The molecule has 0 heterocycles. The van der Waals surface area contributed by atoms with Crippen LogP contribution in [0.3, 0.4) is 0 Å². The Morgan fingerprint density at radius 3 is 2.24 bits per heavy atom. The van der Waals surface area contributed by atoms with Crippen LogP contribution in [0.25, 0.3) is 0 Å². The topological polar surface area (TPSA) is 67.6 Å². The van der Waals surface area contributed by atoms with Crippen LogP contribution >= 0.6 is 12.2 Å². The van der Waals surface area contributed by atoms with Crippen LogP contribution in [0.2, 0.25) is 0 Å². The minimum Gasteiger partial charge on any atom is -0.392 e. The SMILES string of the molecule is CCCC(CCC)(C(=O)NCCOCCN(C)C)C(N)=S. The largest absolute Gasteiger partial charge is 0.392 e. The van der Waals surface area contributed by atoms with Crippen molar-refractivity contribution >= 4 is 23.1 Å². The Labute approximate surface area is 134 Å². The number of nitrogens with one attached hydrogen (secondary N) is 1. The third-order valence-corrected chi connectivity index (χ3v) is 3.87. The van der Waals surface area contributed by atoms with Crippen LogP contribution in [0.1, 0.15) is 39.5 Å².